The molecule has 3 heteroatoms. The molecular weight excluding hydrogens is 276 g/mol. The second kappa shape index (κ2) is 6.03. The molecule has 1 unspecified atom stereocenters. The van der Waals surface area contributed by atoms with E-state index in [9.17, 15) is 0 Å². The van der Waals surface area contributed by atoms with Gasteiger partial charge in [-0.1, -0.05) is 43.6 Å². The topological polar surface area (TPSA) is 17.8 Å². The van der Waals surface area contributed by atoms with Gasteiger partial charge < -0.3 is 0 Å². The first-order chi connectivity index (χ1) is 7.88. The first-order valence-electron chi connectivity index (χ1n) is 6.58. The van der Waals surface area contributed by atoms with Gasteiger partial charge >= 0.3 is 0 Å². The van der Waals surface area contributed by atoms with E-state index in [0.717, 1.165) is 19.4 Å². The van der Waals surface area contributed by atoms with Crippen molar-refractivity contribution in [2.75, 3.05) is 0 Å². The number of rotatable bonds is 5. The van der Waals surface area contributed by atoms with Gasteiger partial charge in [-0.2, -0.15) is 5.10 Å². The molecule has 1 heterocycles. The van der Waals surface area contributed by atoms with E-state index in [2.05, 4.69) is 66.4 Å². The SMILES string of the molecule is CCc1cc(CCC(Br)C(C)(C)C)n(CC)n1. The third kappa shape index (κ3) is 4.13. The van der Waals surface area contributed by atoms with E-state index in [0.29, 0.717) is 10.2 Å². The lowest BCUT2D eigenvalue weighted by Crippen LogP contribution is -2.21. The fraction of sp³-hybridized carbons (Fsp3) is 0.786. The molecule has 0 spiro atoms. The number of halogens is 1. The third-order valence-corrected chi connectivity index (χ3v) is 5.00. The van der Waals surface area contributed by atoms with Crippen LogP contribution in [0.4, 0.5) is 0 Å². The van der Waals surface area contributed by atoms with Crippen molar-refractivity contribution in [3.05, 3.63) is 17.5 Å². The van der Waals surface area contributed by atoms with Crippen molar-refractivity contribution in [1.29, 1.82) is 0 Å². The van der Waals surface area contributed by atoms with Crippen LogP contribution in [-0.4, -0.2) is 14.6 Å². The quantitative estimate of drug-likeness (QED) is 0.745. The van der Waals surface area contributed by atoms with E-state index in [1.54, 1.807) is 0 Å². The van der Waals surface area contributed by atoms with Crippen molar-refractivity contribution in [3.63, 3.8) is 0 Å². The lowest BCUT2D eigenvalue weighted by Gasteiger charge is -2.25. The number of hydrogen-bond acceptors (Lipinski definition) is 1. The lowest BCUT2D eigenvalue weighted by molar-refractivity contribution is 0.383. The summed E-state index contributed by atoms with van der Waals surface area (Å²) < 4.78 is 2.14. The minimum atomic E-state index is 0.324. The fourth-order valence-corrected chi connectivity index (χ4v) is 2.10. The van der Waals surface area contributed by atoms with Crippen LogP contribution in [0.3, 0.4) is 0 Å². The van der Waals surface area contributed by atoms with Gasteiger partial charge in [0.1, 0.15) is 0 Å². The molecule has 0 saturated carbocycles. The minimum Gasteiger partial charge on any atom is -0.270 e. The van der Waals surface area contributed by atoms with Crippen molar-refractivity contribution >= 4 is 15.9 Å². The van der Waals surface area contributed by atoms with Gasteiger partial charge in [-0.15, -0.1) is 0 Å². The smallest absolute Gasteiger partial charge is 0.0624 e. The molecule has 1 aromatic rings. The number of alkyl halides is 1. The van der Waals surface area contributed by atoms with Crippen molar-refractivity contribution in [2.24, 2.45) is 5.41 Å². The zero-order chi connectivity index (χ0) is 13.1. The van der Waals surface area contributed by atoms with Crippen molar-refractivity contribution in [2.45, 2.75) is 65.3 Å². The van der Waals surface area contributed by atoms with Gasteiger partial charge in [0.25, 0.3) is 0 Å². The Kier molecular flexibility index (Phi) is 5.23. The molecule has 0 amide bonds. The fourth-order valence-electron chi connectivity index (χ4n) is 1.87. The maximum absolute atomic E-state index is 4.59. The van der Waals surface area contributed by atoms with Crippen LogP contribution in [0.1, 0.15) is 52.4 Å². The second-order valence-electron chi connectivity index (χ2n) is 5.67. The molecule has 0 fully saturated rings. The van der Waals surface area contributed by atoms with E-state index in [4.69, 9.17) is 0 Å². The van der Waals surface area contributed by atoms with Crippen LogP contribution in [0, 0.1) is 5.41 Å². The molecular formula is C14H25BrN2. The van der Waals surface area contributed by atoms with E-state index in [1.165, 1.54) is 17.8 Å². The highest BCUT2D eigenvalue weighted by Gasteiger charge is 2.21. The zero-order valence-corrected chi connectivity index (χ0v) is 13.3. The summed E-state index contributed by atoms with van der Waals surface area (Å²) in [4.78, 5) is 0.556. The molecule has 0 aliphatic carbocycles. The Labute approximate surface area is 114 Å². The van der Waals surface area contributed by atoms with Crippen LogP contribution in [-0.2, 0) is 19.4 Å². The summed E-state index contributed by atoms with van der Waals surface area (Å²) in [5, 5.41) is 4.59. The summed E-state index contributed by atoms with van der Waals surface area (Å²) in [5.74, 6) is 0. The summed E-state index contributed by atoms with van der Waals surface area (Å²) >= 11 is 3.80. The molecule has 0 aliphatic rings. The minimum absolute atomic E-state index is 0.324. The van der Waals surface area contributed by atoms with E-state index in [1.807, 2.05) is 0 Å². The van der Waals surface area contributed by atoms with Gasteiger partial charge in [0.2, 0.25) is 0 Å². The molecule has 1 aromatic heterocycles. The van der Waals surface area contributed by atoms with Gasteiger partial charge in [-0.3, -0.25) is 4.68 Å². The van der Waals surface area contributed by atoms with Crippen LogP contribution in [0.15, 0.2) is 6.07 Å². The van der Waals surface area contributed by atoms with Gasteiger partial charge in [0, 0.05) is 17.1 Å². The van der Waals surface area contributed by atoms with Crippen molar-refractivity contribution in [1.82, 2.24) is 9.78 Å². The Morgan fingerprint density at radius 3 is 2.47 bits per heavy atom. The Balaban J connectivity index is 2.65. The number of aryl methyl sites for hydroxylation is 3. The molecule has 0 saturated heterocycles. The Bertz CT molecular complexity index is 350. The maximum atomic E-state index is 4.59. The summed E-state index contributed by atoms with van der Waals surface area (Å²) in [6.45, 7) is 12.1. The molecule has 1 atom stereocenters. The average molecular weight is 301 g/mol. The van der Waals surface area contributed by atoms with Crippen molar-refractivity contribution in [3.8, 4) is 0 Å². The lowest BCUT2D eigenvalue weighted by atomic mass is 9.89. The first kappa shape index (κ1) is 14.7. The molecule has 0 bridgehead atoms. The highest BCUT2D eigenvalue weighted by atomic mass is 79.9. The number of hydrogen-bond donors (Lipinski definition) is 0. The van der Waals surface area contributed by atoms with Gasteiger partial charge in [0.15, 0.2) is 0 Å². The predicted molar refractivity (Wildman–Crippen MR) is 77.8 cm³/mol. The highest BCUT2D eigenvalue weighted by Crippen LogP contribution is 2.29. The molecule has 2 nitrogen and oxygen atoms in total. The largest absolute Gasteiger partial charge is 0.270 e. The number of nitrogens with zero attached hydrogens (tertiary/aromatic N) is 2. The maximum Gasteiger partial charge on any atom is 0.0624 e. The Morgan fingerprint density at radius 2 is 2.00 bits per heavy atom. The van der Waals surface area contributed by atoms with Gasteiger partial charge in [0.05, 0.1) is 5.69 Å². The molecule has 0 N–H and O–H groups in total. The summed E-state index contributed by atoms with van der Waals surface area (Å²) in [6.07, 6.45) is 3.30. The van der Waals surface area contributed by atoms with Crippen LogP contribution in [0.25, 0.3) is 0 Å². The van der Waals surface area contributed by atoms with E-state index < -0.39 is 0 Å². The molecule has 17 heavy (non-hydrogen) atoms. The Morgan fingerprint density at radius 1 is 1.35 bits per heavy atom. The van der Waals surface area contributed by atoms with Crippen molar-refractivity contribution < 1.29 is 0 Å². The average Bonchev–Trinajstić information content (AvgIpc) is 2.66. The highest BCUT2D eigenvalue weighted by molar-refractivity contribution is 9.09. The summed E-state index contributed by atoms with van der Waals surface area (Å²) in [7, 11) is 0. The molecule has 0 aliphatic heterocycles. The Hall–Kier alpha value is -0.310. The zero-order valence-electron chi connectivity index (χ0n) is 11.8. The second-order valence-corrected chi connectivity index (χ2v) is 6.77. The van der Waals surface area contributed by atoms with E-state index >= 15 is 0 Å². The van der Waals surface area contributed by atoms with Crippen LogP contribution in [0.2, 0.25) is 0 Å². The summed E-state index contributed by atoms with van der Waals surface area (Å²) in [6, 6.07) is 2.26. The monoisotopic (exact) mass is 300 g/mol. The van der Waals surface area contributed by atoms with Gasteiger partial charge in [-0.25, -0.2) is 0 Å². The van der Waals surface area contributed by atoms with Crippen LogP contribution < -0.4 is 0 Å². The molecule has 1 rings (SSSR count). The molecule has 0 aromatic carbocycles. The molecule has 98 valence electrons. The number of aromatic nitrogens is 2. The predicted octanol–water partition coefficient (Wildman–Crippen LogP) is 4.21. The normalized spacial score (nSPS) is 14.0. The van der Waals surface area contributed by atoms with E-state index in [-0.39, 0.29) is 0 Å². The standard InChI is InChI=1S/C14H25BrN2/c1-6-11-10-12(17(7-2)16-11)8-9-13(15)14(3,4)5/h10,13H,6-9H2,1-5H3. The van der Waals surface area contributed by atoms with Crippen LogP contribution in [0.5, 0.6) is 0 Å². The van der Waals surface area contributed by atoms with Crippen LogP contribution >= 0.6 is 15.9 Å². The summed E-state index contributed by atoms with van der Waals surface area (Å²) in [5.41, 5.74) is 2.91. The molecule has 0 radical (unpaired) electrons. The van der Waals surface area contributed by atoms with Gasteiger partial charge in [-0.05, 0) is 37.7 Å². The first-order valence-corrected chi connectivity index (χ1v) is 7.49. The third-order valence-electron chi connectivity index (χ3n) is 3.17.